The molecule has 0 bridgehead atoms. The SMILES string of the molecule is O=C(Nc1c[nH]nc1-c1nc2ccc(CN3CCOCC3)cc2[nH]1)c1onc2ccccc12. The van der Waals surface area contributed by atoms with Crippen LogP contribution in [0.2, 0.25) is 0 Å². The van der Waals surface area contributed by atoms with E-state index in [4.69, 9.17) is 9.26 Å². The number of aromatic nitrogens is 5. The van der Waals surface area contributed by atoms with Gasteiger partial charge in [-0.1, -0.05) is 23.4 Å². The molecule has 1 amide bonds. The fourth-order valence-electron chi connectivity index (χ4n) is 4.08. The van der Waals surface area contributed by atoms with Crippen LogP contribution in [0, 0.1) is 0 Å². The van der Waals surface area contributed by atoms with Crippen LogP contribution in [-0.4, -0.2) is 62.4 Å². The number of anilines is 1. The van der Waals surface area contributed by atoms with Crippen LogP contribution in [0.1, 0.15) is 16.1 Å². The number of rotatable bonds is 5. The van der Waals surface area contributed by atoms with Gasteiger partial charge in [-0.25, -0.2) is 4.98 Å². The Labute approximate surface area is 187 Å². The molecule has 33 heavy (non-hydrogen) atoms. The maximum absolute atomic E-state index is 12.8. The summed E-state index contributed by atoms with van der Waals surface area (Å²) in [5.41, 5.74) is 4.58. The second-order valence-electron chi connectivity index (χ2n) is 7.96. The summed E-state index contributed by atoms with van der Waals surface area (Å²) >= 11 is 0. The predicted octanol–water partition coefficient (Wildman–Crippen LogP) is 3.18. The molecule has 5 aromatic rings. The molecule has 6 rings (SSSR count). The molecule has 3 aromatic heterocycles. The summed E-state index contributed by atoms with van der Waals surface area (Å²) in [6.07, 6.45) is 1.61. The Hall–Kier alpha value is -4.02. The molecule has 2 aromatic carbocycles. The first kappa shape index (κ1) is 19.6. The van der Waals surface area contributed by atoms with Gasteiger partial charge in [0.05, 0.1) is 35.3 Å². The van der Waals surface area contributed by atoms with E-state index in [-0.39, 0.29) is 5.76 Å². The average Bonchev–Trinajstić information content (AvgIpc) is 3.57. The molecule has 10 nitrogen and oxygen atoms in total. The molecule has 166 valence electrons. The number of nitrogens with zero attached hydrogens (tertiary/aromatic N) is 4. The van der Waals surface area contributed by atoms with Crippen LogP contribution < -0.4 is 5.32 Å². The number of carbonyl (C=O) groups is 1. The number of amides is 1. The van der Waals surface area contributed by atoms with Crippen LogP contribution in [0.15, 0.2) is 53.2 Å². The van der Waals surface area contributed by atoms with Gasteiger partial charge in [0.15, 0.2) is 11.5 Å². The molecule has 1 fully saturated rings. The minimum Gasteiger partial charge on any atom is -0.379 e. The third-order valence-corrected chi connectivity index (χ3v) is 5.76. The highest BCUT2D eigenvalue weighted by Gasteiger charge is 2.20. The van der Waals surface area contributed by atoms with E-state index in [1.54, 1.807) is 18.3 Å². The van der Waals surface area contributed by atoms with Gasteiger partial charge in [0.25, 0.3) is 5.91 Å². The van der Waals surface area contributed by atoms with Gasteiger partial charge >= 0.3 is 0 Å². The van der Waals surface area contributed by atoms with Crippen molar-refractivity contribution < 1.29 is 14.1 Å². The molecular weight excluding hydrogens is 422 g/mol. The number of fused-ring (bicyclic) bond motifs is 2. The molecule has 0 radical (unpaired) electrons. The van der Waals surface area contributed by atoms with Crippen molar-refractivity contribution in [1.29, 1.82) is 0 Å². The van der Waals surface area contributed by atoms with Crippen molar-refractivity contribution in [3.05, 3.63) is 60.0 Å². The third-order valence-electron chi connectivity index (χ3n) is 5.76. The number of hydrogen-bond donors (Lipinski definition) is 3. The summed E-state index contributed by atoms with van der Waals surface area (Å²) in [5, 5.41) is 14.5. The van der Waals surface area contributed by atoms with E-state index in [9.17, 15) is 4.79 Å². The van der Waals surface area contributed by atoms with Crippen LogP contribution in [0.25, 0.3) is 33.5 Å². The molecule has 1 saturated heterocycles. The molecule has 0 unspecified atom stereocenters. The number of aromatic amines is 2. The van der Waals surface area contributed by atoms with E-state index < -0.39 is 5.91 Å². The highest BCUT2D eigenvalue weighted by Crippen LogP contribution is 2.27. The fourth-order valence-corrected chi connectivity index (χ4v) is 4.08. The number of carbonyl (C=O) groups excluding carboxylic acids is 1. The van der Waals surface area contributed by atoms with Gasteiger partial charge < -0.3 is 19.6 Å². The lowest BCUT2D eigenvalue weighted by Crippen LogP contribution is -2.35. The van der Waals surface area contributed by atoms with Gasteiger partial charge in [-0.05, 0) is 29.8 Å². The lowest BCUT2D eigenvalue weighted by Gasteiger charge is -2.26. The minimum atomic E-state index is -0.407. The van der Waals surface area contributed by atoms with Crippen molar-refractivity contribution >= 4 is 33.5 Å². The summed E-state index contributed by atoms with van der Waals surface area (Å²) in [6, 6.07) is 13.5. The highest BCUT2D eigenvalue weighted by molar-refractivity contribution is 6.11. The van der Waals surface area contributed by atoms with Crippen molar-refractivity contribution in [1.82, 2.24) is 30.2 Å². The maximum Gasteiger partial charge on any atom is 0.295 e. The number of hydrogen-bond acceptors (Lipinski definition) is 7. The van der Waals surface area contributed by atoms with E-state index >= 15 is 0 Å². The zero-order valence-corrected chi connectivity index (χ0v) is 17.7. The number of benzene rings is 2. The van der Waals surface area contributed by atoms with Gasteiger partial charge in [-0.3, -0.25) is 14.8 Å². The second-order valence-corrected chi connectivity index (χ2v) is 7.96. The molecule has 1 aliphatic rings. The summed E-state index contributed by atoms with van der Waals surface area (Å²) in [4.78, 5) is 23.2. The van der Waals surface area contributed by atoms with Gasteiger partial charge in [0.2, 0.25) is 5.76 Å². The Bertz CT molecular complexity index is 1440. The molecule has 0 aliphatic carbocycles. The predicted molar refractivity (Wildman–Crippen MR) is 122 cm³/mol. The summed E-state index contributed by atoms with van der Waals surface area (Å²) in [5.74, 6) is 0.304. The van der Waals surface area contributed by atoms with Crippen molar-refractivity contribution in [3.8, 4) is 11.5 Å². The van der Waals surface area contributed by atoms with E-state index in [0.29, 0.717) is 28.1 Å². The van der Waals surface area contributed by atoms with Crippen LogP contribution in [-0.2, 0) is 11.3 Å². The third kappa shape index (κ3) is 3.75. The largest absolute Gasteiger partial charge is 0.379 e. The Morgan fingerprint density at radius 1 is 1.12 bits per heavy atom. The molecule has 0 atom stereocenters. The van der Waals surface area contributed by atoms with E-state index in [1.807, 2.05) is 18.2 Å². The first-order valence-corrected chi connectivity index (χ1v) is 10.7. The molecule has 3 N–H and O–H groups in total. The Balaban J connectivity index is 1.25. The number of ether oxygens (including phenoxy) is 1. The van der Waals surface area contributed by atoms with Gasteiger partial charge in [-0.15, -0.1) is 0 Å². The first-order chi connectivity index (χ1) is 16.2. The minimum absolute atomic E-state index is 0.148. The standard InChI is InChI=1S/C23H21N7O3/c31-23(21-15-3-1-2-4-16(15)29-33-21)27-19-12-24-28-20(19)22-25-17-6-5-14(11-18(17)26-22)13-30-7-9-32-10-8-30/h1-6,11-12H,7-10,13H2,(H,24,28)(H,25,26)(H,27,31). The highest BCUT2D eigenvalue weighted by atomic mass is 16.5. The van der Waals surface area contributed by atoms with Crippen LogP contribution in [0.4, 0.5) is 5.69 Å². The number of imidazole rings is 1. The van der Waals surface area contributed by atoms with Gasteiger partial charge in [0.1, 0.15) is 5.52 Å². The Morgan fingerprint density at radius 2 is 2.00 bits per heavy atom. The zero-order valence-electron chi connectivity index (χ0n) is 17.7. The van der Waals surface area contributed by atoms with Crippen molar-refractivity contribution in [2.75, 3.05) is 31.6 Å². The van der Waals surface area contributed by atoms with Crippen LogP contribution in [0.5, 0.6) is 0 Å². The van der Waals surface area contributed by atoms with Crippen molar-refractivity contribution in [2.24, 2.45) is 0 Å². The molecule has 0 saturated carbocycles. The monoisotopic (exact) mass is 443 g/mol. The molecular formula is C23H21N7O3. The molecule has 0 spiro atoms. The second kappa shape index (κ2) is 8.15. The first-order valence-electron chi connectivity index (χ1n) is 10.7. The van der Waals surface area contributed by atoms with E-state index in [1.165, 1.54) is 5.56 Å². The van der Waals surface area contributed by atoms with Crippen LogP contribution in [0.3, 0.4) is 0 Å². The molecule has 1 aliphatic heterocycles. The number of morpholine rings is 1. The quantitative estimate of drug-likeness (QED) is 0.381. The Morgan fingerprint density at radius 3 is 2.91 bits per heavy atom. The normalized spacial score (nSPS) is 14.8. The smallest absolute Gasteiger partial charge is 0.295 e. The Kier molecular flexibility index (Phi) is 4.85. The van der Waals surface area contributed by atoms with Crippen molar-refractivity contribution in [3.63, 3.8) is 0 Å². The number of nitrogens with one attached hydrogen (secondary N) is 3. The number of H-pyrrole nitrogens is 2. The molecule has 4 heterocycles. The summed E-state index contributed by atoms with van der Waals surface area (Å²) in [7, 11) is 0. The summed E-state index contributed by atoms with van der Waals surface area (Å²) < 4.78 is 10.7. The van der Waals surface area contributed by atoms with Gasteiger partial charge in [-0.2, -0.15) is 5.10 Å². The van der Waals surface area contributed by atoms with Gasteiger partial charge in [0, 0.05) is 25.8 Å². The topological polar surface area (TPSA) is 125 Å². The van der Waals surface area contributed by atoms with E-state index in [2.05, 4.69) is 47.7 Å². The average molecular weight is 443 g/mol. The summed E-state index contributed by atoms with van der Waals surface area (Å²) in [6.45, 7) is 4.27. The maximum atomic E-state index is 12.8. The van der Waals surface area contributed by atoms with E-state index in [0.717, 1.165) is 43.9 Å². The lowest BCUT2D eigenvalue weighted by atomic mass is 10.2. The fraction of sp³-hybridized carbons (Fsp3) is 0.217. The zero-order chi connectivity index (χ0) is 22.2. The molecule has 10 heteroatoms. The lowest BCUT2D eigenvalue weighted by molar-refractivity contribution is 0.0342. The van der Waals surface area contributed by atoms with Crippen LogP contribution >= 0.6 is 0 Å². The van der Waals surface area contributed by atoms with Crippen molar-refractivity contribution in [2.45, 2.75) is 6.54 Å².